The second kappa shape index (κ2) is 11.0. The van der Waals surface area contributed by atoms with E-state index < -0.39 is 11.9 Å². The molecule has 0 saturated heterocycles. The monoisotopic (exact) mass is 421 g/mol. The zero-order valence-electron chi connectivity index (χ0n) is 17.5. The normalized spacial score (nSPS) is 12.5. The van der Waals surface area contributed by atoms with E-state index in [1.165, 1.54) is 0 Å². The molecular weight excluding hydrogens is 394 g/mol. The Bertz CT molecular complexity index is 1030. The Morgan fingerprint density at radius 2 is 1.94 bits per heavy atom. The highest BCUT2D eigenvalue weighted by molar-refractivity contribution is 5.94. The van der Waals surface area contributed by atoms with Gasteiger partial charge in [0.05, 0.1) is 24.3 Å². The molecule has 2 N–H and O–H groups in total. The lowest BCUT2D eigenvalue weighted by Gasteiger charge is -2.13. The standard InChI is InChI=1S/C25H27NO5/c1-18(25(28)29)8-2-3-10-20(24(27)26-16-21-12-7-15-30-21)17-31-23-14-6-11-19-9-4-5-13-22(19)23/h4-7,9-15,18H,2-3,8,16-17H2,1H3,(H,26,27)(H,28,29). The number of amides is 1. The first-order valence-corrected chi connectivity index (χ1v) is 10.4. The third-order valence-corrected chi connectivity index (χ3v) is 5.08. The number of rotatable bonds is 11. The number of aliphatic carboxylic acids is 1. The topological polar surface area (TPSA) is 88.8 Å². The van der Waals surface area contributed by atoms with Crippen molar-refractivity contribution < 1.29 is 23.8 Å². The van der Waals surface area contributed by atoms with Gasteiger partial charge in [-0.15, -0.1) is 0 Å². The number of benzene rings is 2. The van der Waals surface area contributed by atoms with Crippen LogP contribution in [0.1, 0.15) is 31.9 Å². The van der Waals surface area contributed by atoms with Gasteiger partial charge in [0.1, 0.15) is 18.1 Å². The Hall–Kier alpha value is -3.54. The Labute approximate surface area is 181 Å². The van der Waals surface area contributed by atoms with Gasteiger partial charge in [0, 0.05) is 5.39 Å². The molecule has 1 heterocycles. The van der Waals surface area contributed by atoms with Crippen molar-refractivity contribution in [2.75, 3.05) is 6.61 Å². The van der Waals surface area contributed by atoms with Crippen LogP contribution in [0.4, 0.5) is 0 Å². The maximum Gasteiger partial charge on any atom is 0.306 e. The highest BCUT2D eigenvalue weighted by Gasteiger charge is 2.13. The maximum absolute atomic E-state index is 12.8. The van der Waals surface area contributed by atoms with Gasteiger partial charge in [0.2, 0.25) is 0 Å². The summed E-state index contributed by atoms with van der Waals surface area (Å²) in [5.41, 5.74) is 0.502. The molecule has 1 atom stereocenters. The quantitative estimate of drug-likeness (QED) is 0.338. The Balaban J connectivity index is 1.67. The Kier molecular flexibility index (Phi) is 7.87. The minimum absolute atomic E-state index is 0.118. The van der Waals surface area contributed by atoms with Gasteiger partial charge in [0.15, 0.2) is 0 Å². The number of hydrogen-bond acceptors (Lipinski definition) is 4. The van der Waals surface area contributed by atoms with Gasteiger partial charge in [-0.05, 0) is 42.8 Å². The number of furan rings is 1. The van der Waals surface area contributed by atoms with E-state index in [-0.39, 0.29) is 19.1 Å². The molecule has 3 rings (SSSR count). The summed E-state index contributed by atoms with van der Waals surface area (Å²) in [6.07, 6.45) is 5.22. The van der Waals surface area contributed by atoms with Crippen molar-refractivity contribution in [3.8, 4) is 5.75 Å². The largest absolute Gasteiger partial charge is 0.488 e. The van der Waals surface area contributed by atoms with Crippen molar-refractivity contribution in [1.29, 1.82) is 0 Å². The molecule has 3 aromatic rings. The highest BCUT2D eigenvalue weighted by Crippen LogP contribution is 2.25. The van der Waals surface area contributed by atoms with E-state index in [2.05, 4.69) is 5.32 Å². The first-order valence-electron chi connectivity index (χ1n) is 10.4. The van der Waals surface area contributed by atoms with Gasteiger partial charge in [-0.2, -0.15) is 0 Å². The molecule has 0 aliphatic carbocycles. The summed E-state index contributed by atoms with van der Waals surface area (Å²) in [6.45, 7) is 2.09. The van der Waals surface area contributed by atoms with E-state index >= 15 is 0 Å². The Morgan fingerprint density at radius 3 is 2.71 bits per heavy atom. The number of carboxylic acid groups (broad SMARTS) is 1. The second-order valence-electron chi connectivity index (χ2n) is 7.43. The van der Waals surface area contributed by atoms with Gasteiger partial charge in [-0.25, -0.2) is 0 Å². The molecule has 1 aromatic heterocycles. The van der Waals surface area contributed by atoms with Crippen molar-refractivity contribution in [1.82, 2.24) is 5.32 Å². The third-order valence-electron chi connectivity index (χ3n) is 5.08. The van der Waals surface area contributed by atoms with Crippen molar-refractivity contribution in [2.45, 2.75) is 32.7 Å². The van der Waals surface area contributed by atoms with E-state index in [0.717, 1.165) is 10.8 Å². The minimum atomic E-state index is -0.806. The highest BCUT2D eigenvalue weighted by atomic mass is 16.5. The van der Waals surface area contributed by atoms with E-state index in [9.17, 15) is 9.59 Å². The number of hydrogen-bond donors (Lipinski definition) is 2. The van der Waals surface area contributed by atoms with Crippen LogP contribution < -0.4 is 10.1 Å². The van der Waals surface area contributed by atoms with Gasteiger partial charge in [0.25, 0.3) is 5.91 Å². The Morgan fingerprint density at radius 1 is 1.13 bits per heavy atom. The number of unbranched alkanes of at least 4 members (excludes halogenated alkanes) is 1. The molecule has 1 unspecified atom stereocenters. The SMILES string of the molecule is CC(CCCC=C(COc1cccc2ccccc12)C(=O)NCc1ccco1)C(=O)O. The molecule has 0 fully saturated rings. The van der Waals surface area contributed by atoms with Gasteiger partial charge >= 0.3 is 5.97 Å². The molecule has 0 aliphatic heterocycles. The predicted octanol–water partition coefficient (Wildman–Crippen LogP) is 4.95. The molecule has 6 heteroatoms. The van der Waals surface area contributed by atoms with Crippen LogP contribution in [-0.4, -0.2) is 23.6 Å². The molecule has 0 aliphatic rings. The summed E-state index contributed by atoms with van der Waals surface area (Å²) < 4.78 is 11.3. The fraction of sp³-hybridized carbons (Fsp3) is 0.280. The number of carbonyl (C=O) groups excluding carboxylic acids is 1. The molecule has 31 heavy (non-hydrogen) atoms. The van der Waals surface area contributed by atoms with E-state index in [1.54, 1.807) is 25.3 Å². The summed E-state index contributed by atoms with van der Waals surface area (Å²) in [5, 5.41) is 13.9. The fourth-order valence-electron chi connectivity index (χ4n) is 3.21. The number of carboxylic acids is 1. The number of carbonyl (C=O) groups is 2. The van der Waals surface area contributed by atoms with E-state index in [4.69, 9.17) is 14.3 Å². The average molecular weight is 421 g/mol. The minimum Gasteiger partial charge on any atom is -0.488 e. The third kappa shape index (κ3) is 6.47. The fourth-order valence-corrected chi connectivity index (χ4v) is 3.21. The number of ether oxygens (including phenoxy) is 1. The molecule has 0 spiro atoms. The van der Waals surface area contributed by atoms with Crippen molar-refractivity contribution >= 4 is 22.6 Å². The molecule has 2 aromatic carbocycles. The summed E-state index contributed by atoms with van der Waals surface area (Å²) in [5.74, 6) is -0.0700. The predicted molar refractivity (Wildman–Crippen MR) is 119 cm³/mol. The summed E-state index contributed by atoms with van der Waals surface area (Å²) in [6, 6.07) is 17.3. The number of fused-ring (bicyclic) bond motifs is 1. The van der Waals surface area contributed by atoms with E-state index in [0.29, 0.717) is 36.3 Å². The molecule has 162 valence electrons. The van der Waals surface area contributed by atoms with Gasteiger partial charge in [-0.1, -0.05) is 49.4 Å². The molecule has 6 nitrogen and oxygen atoms in total. The lowest BCUT2D eigenvalue weighted by atomic mass is 10.0. The zero-order valence-corrected chi connectivity index (χ0v) is 17.5. The lowest BCUT2D eigenvalue weighted by molar-refractivity contribution is -0.141. The molecule has 0 saturated carbocycles. The van der Waals surface area contributed by atoms with Crippen molar-refractivity contribution in [3.63, 3.8) is 0 Å². The number of allylic oxidation sites excluding steroid dienone is 1. The zero-order chi connectivity index (χ0) is 22.1. The van der Waals surface area contributed by atoms with Crippen LogP contribution in [0.2, 0.25) is 0 Å². The van der Waals surface area contributed by atoms with Crippen LogP contribution in [0.5, 0.6) is 5.75 Å². The second-order valence-corrected chi connectivity index (χ2v) is 7.43. The average Bonchev–Trinajstić information content (AvgIpc) is 3.30. The van der Waals surface area contributed by atoms with Crippen LogP contribution in [0.25, 0.3) is 10.8 Å². The van der Waals surface area contributed by atoms with Crippen molar-refractivity contribution in [3.05, 3.63) is 78.3 Å². The smallest absolute Gasteiger partial charge is 0.306 e. The molecule has 0 bridgehead atoms. The van der Waals surface area contributed by atoms with Crippen LogP contribution in [0, 0.1) is 5.92 Å². The van der Waals surface area contributed by atoms with Crippen LogP contribution in [0.3, 0.4) is 0 Å². The van der Waals surface area contributed by atoms with Crippen LogP contribution >= 0.6 is 0 Å². The van der Waals surface area contributed by atoms with Crippen LogP contribution in [-0.2, 0) is 16.1 Å². The first-order chi connectivity index (χ1) is 15.0. The summed E-state index contributed by atoms with van der Waals surface area (Å²) in [7, 11) is 0. The summed E-state index contributed by atoms with van der Waals surface area (Å²) in [4.78, 5) is 23.8. The first kappa shape index (κ1) is 22.2. The molecule has 1 amide bonds. The molecule has 0 radical (unpaired) electrons. The molecular formula is C25H27NO5. The van der Waals surface area contributed by atoms with E-state index in [1.807, 2.05) is 48.5 Å². The maximum atomic E-state index is 12.8. The van der Waals surface area contributed by atoms with Gasteiger partial charge < -0.3 is 19.6 Å². The summed E-state index contributed by atoms with van der Waals surface area (Å²) >= 11 is 0. The van der Waals surface area contributed by atoms with Gasteiger partial charge in [-0.3, -0.25) is 9.59 Å². The number of nitrogens with one attached hydrogen (secondary N) is 1. The lowest BCUT2D eigenvalue weighted by Crippen LogP contribution is -2.27. The van der Waals surface area contributed by atoms with Crippen LogP contribution in [0.15, 0.2) is 76.9 Å². The van der Waals surface area contributed by atoms with Crippen molar-refractivity contribution in [2.24, 2.45) is 5.92 Å².